The van der Waals surface area contributed by atoms with Crippen LogP contribution in [-0.2, 0) is 4.79 Å². The Hall–Kier alpha value is -2.47. The minimum Gasteiger partial charge on any atom is -0.342 e. The third-order valence-electron chi connectivity index (χ3n) is 5.46. The molecule has 1 aromatic carbocycles. The van der Waals surface area contributed by atoms with E-state index in [9.17, 15) is 9.59 Å². The van der Waals surface area contributed by atoms with Crippen LogP contribution in [0.25, 0.3) is 10.9 Å². The van der Waals surface area contributed by atoms with Crippen molar-refractivity contribution in [3.8, 4) is 0 Å². The van der Waals surface area contributed by atoms with E-state index in [1.54, 1.807) is 0 Å². The molecule has 0 spiro atoms. The smallest absolute Gasteiger partial charge is 0.254 e. The van der Waals surface area contributed by atoms with Gasteiger partial charge in [-0.2, -0.15) is 0 Å². The van der Waals surface area contributed by atoms with E-state index in [1.165, 1.54) is 0 Å². The van der Waals surface area contributed by atoms with Crippen LogP contribution in [0.3, 0.4) is 0 Å². The van der Waals surface area contributed by atoms with Crippen molar-refractivity contribution in [2.45, 2.75) is 27.7 Å². The Bertz CT molecular complexity index is 868. The monoisotopic (exact) mass is 382 g/mol. The van der Waals surface area contributed by atoms with Crippen LogP contribution in [0, 0.1) is 13.8 Å². The number of rotatable bonds is 5. The average Bonchev–Trinajstić information content (AvgIpc) is 2.68. The first-order valence-corrected chi connectivity index (χ1v) is 10.1. The molecule has 0 bridgehead atoms. The summed E-state index contributed by atoms with van der Waals surface area (Å²) in [6.45, 7) is 12.6. The molecule has 0 aliphatic carbocycles. The third kappa shape index (κ3) is 4.33. The van der Waals surface area contributed by atoms with Crippen LogP contribution in [0.5, 0.6) is 0 Å². The fourth-order valence-electron chi connectivity index (χ4n) is 3.80. The van der Waals surface area contributed by atoms with Crippen molar-refractivity contribution < 1.29 is 9.59 Å². The Balaban J connectivity index is 1.70. The van der Waals surface area contributed by atoms with Gasteiger partial charge < -0.3 is 9.80 Å². The molecule has 6 nitrogen and oxygen atoms in total. The quantitative estimate of drug-likeness (QED) is 0.797. The molecule has 2 amide bonds. The molecule has 0 radical (unpaired) electrons. The lowest BCUT2D eigenvalue weighted by Crippen LogP contribution is -2.51. The largest absolute Gasteiger partial charge is 0.342 e. The second-order valence-corrected chi connectivity index (χ2v) is 7.47. The second kappa shape index (κ2) is 8.69. The number of aryl methyl sites for hydroxylation is 2. The molecule has 0 atom stereocenters. The summed E-state index contributed by atoms with van der Waals surface area (Å²) in [5.41, 5.74) is 3.55. The molecule has 150 valence electrons. The molecule has 2 aromatic rings. The lowest BCUT2D eigenvalue weighted by Gasteiger charge is -2.35. The van der Waals surface area contributed by atoms with E-state index in [0.29, 0.717) is 19.6 Å². The summed E-state index contributed by atoms with van der Waals surface area (Å²) in [6.07, 6.45) is 0. The molecular formula is C22H30N4O2. The highest BCUT2D eigenvalue weighted by Crippen LogP contribution is 2.22. The summed E-state index contributed by atoms with van der Waals surface area (Å²) in [5, 5.41) is 0.912. The highest BCUT2D eigenvalue weighted by atomic mass is 16.2. The maximum Gasteiger partial charge on any atom is 0.254 e. The predicted octanol–water partition coefficient (Wildman–Crippen LogP) is 2.48. The summed E-state index contributed by atoms with van der Waals surface area (Å²) < 4.78 is 0. The van der Waals surface area contributed by atoms with Gasteiger partial charge in [-0.25, -0.2) is 0 Å². The Morgan fingerprint density at radius 3 is 2.36 bits per heavy atom. The standard InChI is InChI=1S/C22H30N4O2/c1-5-25(6-2)21(27)15-24-9-11-26(12-10-24)22(28)19-14-17(4)23-20-8-7-16(3)13-18(19)20/h7-8,13-14H,5-6,9-12,15H2,1-4H3. The molecule has 1 aromatic heterocycles. The van der Waals surface area contributed by atoms with Crippen LogP contribution in [0.1, 0.15) is 35.5 Å². The SMILES string of the molecule is CCN(CC)C(=O)CN1CCN(C(=O)c2cc(C)nc3ccc(C)cc23)CC1. The zero-order valence-corrected chi connectivity index (χ0v) is 17.4. The number of fused-ring (bicyclic) bond motifs is 1. The summed E-state index contributed by atoms with van der Waals surface area (Å²) >= 11 is 0. The van der Waals surface area contributed by atoms with Gasteiger partial charge in [0.1, 0.15) is 0 Å². The first-order chi connectivity index (χ1) is 13.4. The number of nitrogens with zero attached hydrogens (tertiary/aromatic N) is 4. The molecule has 3 rings (SSSR count). The Kier molecular flexibility index (Phi) is 6.29. The van der Waals surface area contributed by atoms with Crippen molar-refractivity contribution in [2.24, 2.45) is 0 Å². The summed E-state index contributed by atoms with van der Waals surface area (Å²) in [4.78, 5) is 36.0. The van der Waals surface area contributed by atoms with Crippen molar-refractivity contribution in [1.29, 1.82) is 0 Å². The minimum absolute atomic E-state index is 0.0517. The Morgan fingerprint density at radius 2 is 1.71 bits per heavy atom. The van der Waals surface area contributed by atoms with Crippen molar-refractivity contribution >= 4 is 22.7 Å². The normalized spacial score (nSPS) is 15.1. The fraction of sp³-hybridized carbons (Fsp3) is 0.500. The first kappa shape index (κ1) is 20.3. The highest BCUT2D eigenvalue weighted by Gasteiger charge is 2.25. The number of hydrogen-bond acceptors (Lipinski definition) is 4. The maximum atomic E-state index is 13.2. The van der Waals surface area contributed by atoms with Gasteiger partial charge in [0.15, 0.2) is 0 Å². The molecule has 0 unspecified atom stereocenters. The molecule has 1 fully saturated rings. The fourth-order valence-corrected chi connectivity index (χ4v) is 3.80. The predicted molar refractivity (Wildman–Crippen MR) is 111 cm³/mol. The zero-order valence-electron chi connectivity index (χ0n) is 17.4. The van der Waals surface area contributed by atoms with Crippen molar-refractivity contribution in [3.05, 3.63) is 41.1 Å². The average molecular weight is 383 g/mol. The van der Waals surface area contributed by atoms with Crippen LogP contribution in [0.4, 0.5) is 0 Å². The van der Waals surface area contributed by atoms with Crippen molar-refractivity contribution in [2.75, 3.05) is 45.8 Å². The van der Waals surface area contributed by atoms with Gasteiger partial charge in [0.2, 0.25) is 5.91 Å². The van der Waals surface area contributed by atoms with Gasteiger partial charge in [-0.1, -0.05) is 11.6 Å². The number of likely N-dealkylation sites (N-methyl/N-ethyl adjacent to an activating group) is 1. The van der Waals surface area contributed by atoms with Crippen molar-refractivity contribution in [1.82, 2.24) is 19.7 Å². The molecule has 2 heterocycles. The van der Waals surface area contributed by atoms with Crippen LogP contribution >= 0.6 is 0 Å². The van der Waals surface area contributed by atoms with Gasteiger partial charge in [0.25, 0.3) is 5.91 Å². The van der Waals surface area contributed by atoms with E-state index in [-0.39, 0.29) is 11.8 Å². The highest BCUT2D eigenvalue weighted by molar-refractivity contribution is 6.06. The molecule has 28 heavy (non-hydrogen) atoms. The van der Waals surface area contributed by atoms with E-state index < -0.39 is 0 Å². The van der Waals surface area contributed by atoms with Crippen LogP contribution in [0.2, 0.25) is 0 Å². The molecule has 1 saturated heterocycles. The molecule has 6 heteroatoms. The number of benzene rings is 1. The maximum absolute atomic E-state index is 13.2. The summed E-state index contributed by atoms with van der Waals surface area (Å²) in [7, 11) is 0. The van der Waals surface area contributed by atoms with Gasteiger partial charge in [-0.3, -0.25) is 19.5 Å². The van der Waals surface area contributed by atoms with Gasteiger partial charge in [0.05, 0.1) is 17.6 Å². The molecular weight excluding hydrogens is 352 g/mol. The second-order valence-electron chi connectivity index (χ2n) is 7.47. The molecule has 0 saturated carbocycles. The topological polar surface area (TPSA) is 56.8 Å². The third-order valence-corrected chi connectivity index (χ3v) is 5.46. The number of carbonyl (C=O) groups excluding carboxylic acids is 2. The number of amides is 2. The van der Waals surface area contributed by atoms with E-state index in [0.717, 1.165) is 53.9 Å². The molecule has 0 N–H and O–H groups in total. The minimum atomic E-state index is 0.0517. The number of hydrogen-bond donors (Lipinski definition) is 0. The zero-order chi connectivity index (χ0) is 20.3. The lowest BCUT2D eigenvalue weighted by atomic mass is 10.0. The first-order valence-electron chi connectivity index (χ1n) is 10.1. The van der Waals surface area contributed by atoms with E-state index >= 15 is 0 Å². The van der Waals surface area contributed by atoms with Crippen LogP contribution in [0.15, 0.2) is 24.3 Å². The Labute approximate surface area is 167 Å². The van der Waals surface area contributed by atoms with E-state index in [1.807, 2.05) is 61.8 Å². The van der Waals surface area contributed by atoms with Gasteiger partial charge in [-0.15, -0.1) is 0 Å². The number of carbonyl (C=O) groups is 2. The number of aromatic nitrogens is 1. The van der Waals surface area contributed by atoms with E-state index in [2.05, 4.69) is 9.88 Å². The lowest BCUT2D eigenvalue weighted by molar-refractivity contribution is -0.132. The van der Waals surface area contributed by atoms with Gasteiger partial charge >= 0.3 is 0 Å². The van der Waals surface area contributed by atoms with Crippen LogP contribution in [-0.4, -0.2) is 77.3 Å². The molecule has 1 aliphatic heterocycles. The van der Waals surface area contributed by atoms with Crippen LogP contribution < -0.4 is 0 Å². The van der Waals surface area contributed by atoms with Gasteiger partial charge in [-0.05, 0) is 45.9 Å². The number of piperazine rings is 1. The van der Waals surface area contributed by atoms with E-state index in [4.69, 9.17) is 0 Å². The summed E-state index contributed by atoms with van der Waals surface area (Å²) in [6, 6.07) is 7.92. The number of pyridine rings is 1. The Morgan fingerprint density at radius 1 is 1.04 bits per heavy atom. The summed E-state index contributed by atoms with van der Waals surface area (Å²) in [5.74, 6) is 0.215. The molecule has 1 aliphatic rings. The van der Waals surface area contributed by atoms with Crippen molar-refractivity contribution in [3.63, 3.8) is 0 Å². The van der Waals surface area contributed by atoms with Gasteiger partial charge in [0, 0.05) is 50.3 Å².